The summed E-state index contributed by atoms with van der Waals surface area (Å²) in [6, 6.07) is 7.13. The van der Waals surface area contributed by atoms with Gasteiger partial charge in [0.05, 0.1) is 13.5 Å². The molecule has 94 valence electrons. The van der Waals surface area contributed by atoms with Gasteiger partial charge in [0.15, 0.2) is 5.78 Å². The van der Waals surface area contributed by atoms with Crippen LogP contribution in [0.25, 0.3) is 0 Å². The Kier molecular flexibility index (Phi) is 3.67. The van der Waals surface area contributed by atoms with Gasteiger partial charge in [-0.3, -0.25) is 4.79 Å². The predicted molar refractivity (Wildman–Crippen MR) is 65.0 cm³/mol. The number of carbonyl (C=O) groups is 2. The van der Waals surface area contributed by atoms with Crippen molar-refractivity contribution in [1.29, 1.82) is 0 Å². The SMILES string of the molecule is COC(=O)C1=CO[C@@H](c2ccccc2Cl)CC1=O. The topological polar surface area (TPSA) is 52.6 Å². The lowest BCUT2D eigenvalue weighted by Crippen LogP contribution is -2.22. The van der Waals surface area contributed by atoms with E-state index in [1.165, 1.54) is 7.11 Å². The molecule has 0 fully saturated rings. The van der Waals surface area contributed by atoms with Crippen LogP contribution in [-0.4, -0.2) is 18.9 Å². The summed E-state index contributed by atoms with van der Waals surface area (Å²) in [7, 11) is 1.22. The maximum absolute atomic E-state index is 11.8. The normalized spacial score (nSPS) is 18.9. The predicted octanol–water partition coefficient (Wildman–Crippen LogP) is 2.43. The second kappa shape index (κ2) is 5.23. The van der Waals surface area contributed by atoms with Gasteiger partial charge in [0.1, 0.15) is 17.9 Å². The molecule has 0 saturated heterocycles. The first kappa shape index (κ1) is 12.6. The van der Waals surface area contributed by atoms with Crippen LogP contribution < -0.4 is 0 Å². The Morgan fingerprint density at radius 1 is 1.44 bits per heavy atom. The van der Waals surface area contributed by atoms with E-state index in [0.29, 0.717) is 5.02 Å². The minimum absolute atomic E-state index is 0.0687. The molecule has 1 aromatic carbocycles. The van der Waals surface area contributed by atoms with E-state index in [1.54, 1.807) is 18.2 Å². The first-order valence-corrected chi connectivity index (χ1v) is 5.73. The van der Waals surface area contributed by atoms with Crippen molar-refractivity contribution in [2.45, 2.75) is 12.5 Å². The van der Waals surface area contributed by atoms with Gasteiger partial charge in [-0.1, -0.05) is 29.8 Å². The highest BCUT2D eigenvalue weighted by Gasteiger charge is 2.30. The number of halogens is 1. The molecule has 18 heavy (non-hydrogen) atoms. The number of ketones is 1. The molecule has 5 heteroatoms. The Balaban J connectivity index is 2.23. The number of carbonyl (C=O) groups excluding carboxylic acids is 2. The fraction of sp³-hybridized carbons (Fsp3) is 0.231. The molecule has 4 nitrogen and oxygen atoms in total. The number of Topliss-reactive ketones (excluding diaryl/α,β-unsaturated/α-hetero) is 1. The number of hydrogen-bond donors (Lipinski definition) is 0. The van der Waals surface area contributed by atoms with E-state index < -0.39 is 12.1 Å². The van der Waals surface area contributed by atoms with E-state index in [1.807, 2.05) is 6.07 Å². The number of rotatable bonds is 2. The summed E-state index contributed by atoms with van der Waals surface area (Å²) in [5.74, 6) is -0.990. The third kappa shape index (κ3) is 2.38. The quantitative estimate of drug-likeness (QED) is 0.609. The van der Waals surface area contributed by atoms with Crippen molar-refractivity contribution in [3.63, 3.8) is 0 Å². The maximum atomic E-state index is 11.8. The van der Waals surface area contributed by atoms with E-state index in [4.69, 9.17) is 16.3 Å². The first-order chi connectivity index (χ1) is 8.63. The van der Waals surface area contributed by atoms with Crippen LogP contribution in [0.4, 0.5) is 0 Å². The van der Waals surface area contributed by atoms with Crippen molar-refractivity contribution in [2.24, 2.45) is 0 Å². The number of benzene rings is 1. The molecule has 1 aliphatic rings. The van der Waals surface area contributed by atoms with Gasteiger partial charge in [-0.2, -0.15) is 0 Å². The van der Waals surface area contributed by atoms with Gasteiger partial charge in [-0.05, 0) is 6.07 Å². The Hall–Kier alpha value is -1.81. The van der Waals surface area contributed by atoms with Gasteiger partial charge in [-0.15, -0.1) is 0 Å². The van der Waals surface area contributed by atoms with E-state index in [-0.39, 0.29) is 17.8 Å². The Morgan fingerprint density at radius 3 is 2.78 bits per heavy atom. The number of ether oxygens (including phenoxy) is 2. The van der Waals surface area contributed by atoms with Crippen molar-refractivity contribution in [3.8, 4) is 0 Å². The second-order valence-corrected chi connectivity index (χ2v) is 4.20. The fourth-order valence-corrected chi connectivity index (χ4v) is 1.99. The fourth-order valence-electron chi connectivity index (χ4n) is 1.73. The molecular formula is C13H11ClO4. The van der Waals surface area contributed by atoms with Gasteiger partial charge in [0, 0.05) is 10.6 Å². The van der Waals surface area contributed by atoms with Crippen LogP contribution in [0.3, 0.4) is 0 Å². The highest BCUT2D eigenvalue weighted by molar-refractivity contribution is 6.31. The molecule has 0 bridgehead atoms. The zero-order valence-electron chi connectivity index (χ0n) is 9.68. The highest BCUT2D eigenvalue weighted by atomic mass is 35.5. The molecular weight excluding hydrogens is 256 g/mol. The Morgan fingerprint density at radius 2 is 2.17 bits per heavy atom. The van der Waals surface area contributed by atoms with E-state index >= 15 is 0 Å². The smallest absolute Gasteiger partial charge is 0.344 e. The molecule has 0 aromatic heterocycles. The molecule has 1 heterocycles. The molecule has 1 aliphatic heterocycles. The van der Waals surface area contributed by atoms with Crippen molar-refractivity contribution < 1.29 is 19.1 Å². The van der Waals surface area contributed by atoms with Crippen LogP contribution in [0.2, 0.25) is 5.02 Å². The molecule has 0 amide bonds. The standard InChI is InChI=1S/C13H11ClO4/c1-17-13(16)9-7-18-12(6-11(9)15)8-4-2-3-5-10(8)14/h2-5,7,12H,6H2,1H3/t12-/m1/s1. The summed E-state index contributed by atoms with van der Waals surface area (Å²) in [6.45, 7) is 0. The van der Waals surface area contributed by atoms with Gasteiger partial charge in [0.2, 0.25) is 0 Å². The number of hydrogen-bond acceptors (Lipinski definition) is 4. The van der Waals surface area contributed by atoms with Gasteiger partial charge in [0.25, 0.3) is 0 Å². The number of methoxy groups -OCH3 is 1. The molecule has 0 N–H and O–H groups in total. The van der Waals surface area contributed by atoms with Crippen LogP contribution in [0, 0.1) is 0 Å². The van der Waals surface area contributed by atoms with E-state index in [9.17, 15) is 9.59 Å². The third-order valence-corrected chi connectivity index (χ3v) is 3.02. The summed E-state index contributed by atoms with van der Waals surface area (Å²) in [5.41, 5.74) is 0.661. The van der Waals surface area contributed by atoms with Crippen molar-refractivity contribution in [2.75, 3.05) is 7.11 Å². The van der Waals surface area contributed by atoms with Gasteiger partial charge < -0.3 is 9.47 Å². The molecule has 1 atom stereocenters. The lowest BCUT2D eigenvalue weighted by Gasteiger charge is -2.22. The van der Waals surface area contributed by atoms with E-state index in [0.717, 1.165) is 11.8 Å². The first-order valence-electron chi connectivity index (χ1n) is 5.35. The lowest BCUT2D eigenvalue weighted by atomic mass is 9.98. The van der Waals surface area contributed by atoms with Crippen molar-refractivity contribution in [3.05, 3.63) is 46.7 Å². The molecule has 0 saturated carbocycles. The Labute approximate surface area is 109 Å². The molecule has 0 aliphatic carbocycles. The summed E-state index contributed by atoms with van der Waals surface area (Å²) in [5, 5.41) is 0.533. The average Bonchev–Trinajstić information content (AvgIpc) is 2.38. The lowest BCUT2D eigenvalue weighted by molar-refractivity contribution is -0.139. The molecule has 2 rings (SSSR count). The summed E-state index contributed by atoms with van der Waals surface area (Å²) in [4.78, 5) is 23.1. The van der Waals surface area contributed by atoms with Crippen LogP contribution in [0.15, 0.2) is 36.1 Å². The average molecular weight is 267 g/mol. The van der Waals surface area contributed by atoms with Gasteiger partial charge in [-0.25, -0.2) is 4.79 Å². The number of esters is 1. The Bertz CT molecular complexity index is 521. The molecule has 0 radical (unpaired) electrons. The van der Waals surface area contributed by atoms with Crippen LogP contribution in [0.5, 0.6) is 0 Å². The third-order valence-electron chi connectivity index (χ3n) is 2.68. The van der Waals surface area contributed by atoms with Crippen molar-refractivity contribution >= 4 is 23.4 Å². The van der Waals surface area contributed by atoms with Crippen LogP contribution in [-0.2, 0) is 19.1 Å². The molecule has 0 unspecified atom stereocenters. The van der Waals surface area contributed by atoms with E-state index in [2.05, 4.69) is 4.74 Å². The zero-order valence-corrected chi connectivity index (χ0v) is 10.4. The minimum atomic E-state index is -0.683. The van der Waals surface area contributed by atoms with Gasteiger partial charge >= 0.3 is 5.97 Å². The molecule has 0 spiro atoms. The monoisotopic (exact) mass is 266 g/mol. The summed E-state index contributed by atoms with van der Waals surface area (Å²) >= 11 is 6.03. The zero-order chi connectivity index (χ0) is 13.1. The van der Waals surface area contributed by atoms with Crippen LogP contribution >= 0.6 is 11.6 Å². The van der Waals surface area contributed by atoms with Crippen molar-refractivity contribution in [1.82, 2.24) is 0 Å². The maximum Gasteiger partial charge on any atom is 0.344 e. The second-order valence-electron chi connectivity index (χ2n) is 3.80. The minimum Gasteiger partial charge on any atom is -0.492 e. The largest absolute Gasteiger partial charge is 0.492 e. The van der Waals surface area contributed by atoms with Crippen LogP contribution in [0.1, 0.15) is 18.1 Å². The summed E-state index contributed by atoms with van der Waals surface area (Å²) < 4.78 is 9.87. The highest BCUT2D eigenvalue weighted by Crippen LogP contribution is 2.32. The molecule has 1 aromatic rings. The summed E-state index contributed by atoms with van der Waals surface area (Å²) in [6.07, 6.45) is 0.760.